The van der Waals surface area contributed by atoms with Gasteiger partial charge >= 0.3 is 5.97 Å². The number of nitrogens with one attached hydrogen (secondary N) is 1. The van der Waals surface area contributed by atoms with Crippen LogP contribution in [0.5, 0.6) is 0 Å². The van der Waals surface area contributed by atoms with E-state index in [2.05, 4.69) is 64.5 Å². The maximum absolute atomic E-state index is 12.8. The largest absolute Gasteiger partial charge is 1.00 e. The van der Waals surface area contributed by atoms with Crippen molar-refractivity contribution in [3.63, 3.8) is 0 Å². The summed E-state index contributed by atoms with van der Waals surface area (Å²) < 4.78 is 6.29. The summed E-state index contributed by atoms with van der Waals surface area (Å²) in [6.07, 6.45) is 43.4. The molecular weight excluding hydrogens is 628 g/mol. The van der Waals surface area contributed by atoms with Gasteiger partial charge in [0.15, 0.2) is 6.17 Å². The monoisotopic (exact) mass is 711 g/mol. The molecule has 0 aliphatic heterocycles. The fourth-order valence-corrected chi connectivity index (χ4v) is 6.33. The number of carbonyl (C=O) groups is 2. The number of allylic oxidation sites excluding steroid dienone is 4. The summed E-state index contributed by atoms with van der Waals surface area (Å²) in [6.45, 7) is 8.59. The second kappa shape index (κ2) is 36.5. The highest BCUT2D eigenvalue weighted by molar-refractivity contribution is 5.76. The number of hydrogen-bond donors (Lipinski definition) is 1. The molecule has 0 aliphatic rings. The first-order valence-corrected chi connectivity index (χ1v) is 20.9. The minimum atomic E-state index is -0.314. The van der Waals surface area contributed by atoms with Gasteiger partial charge in [-0.05, 0) is 64.2 Å². The zero-order valence-electron chi connectivity index (χ0n) is 33.5. The molecule has 6 heteroatoms. The maximum Gasteiger partial charge on any atom is 0.310 e. The number of hydrogen-bond acceptors (Lipinski definition) is 3. The van der Waals surface area contributed by atoms with Crippen LogP contribution in [0.2, 0.25) is 0 Å². The first-order chi connectivity index (χ1) is 23.3. The molecule has 0 aromatic carbocycles. The normalized spacial score (nSPS) is 13.1. The molecule has 0 aliphatic carbocycles. The van der Waals surface area contributed by atoms with Crippen LogP contribution in [-0.2, 0) is 14.3 Å². The molecule has 2 atom stereocenters. The Bertz CT molecular complexity index is 798. The molecule has 1 N–H and O–H groups in total. The number of esters is 1. The van der Waals surface area contributed by atoms with Gasteiger partial charge in [0.1, 0.15) is 0 Å². The summed E-state index contributed by atoms with van der Waals surface area (Å²) in [7, 11) is 4.10. The van der Waals surface area contributed by atoms with E-state index in [4.69, 9.17) is 4.74 Å². The van der Waals surface area contributed by atoms with E-state index < -0.39 is 0 Å². The van der Waals surface area contributed by atoms with E-state index >= 15 is 0 Å². The highest BCUT2D eigenvalue weighted by Gasteiger charge is 2.35. The lowest BCUT2D eigenvalue weighted by atomic mass is 10.1. The summed E-state index contributed by atoms with van der Waals surface area (Å²) in [5.41, 5.74) is 0. The van der Waals surface area contributed by atoms with Gasteiger partial charge < -0.3 is 22.5 Å². The van der Waals surface area contributed by atoms with Gasteiger partial charge in [0.05, 0.1) is 14.1 Å². The zero-order chi connectivity index (χ0) is 35.6. The van der Waals surface area contributed by atoms with E-state index in [-0.39, 0.29) is 36.7 Å². The number of rotatable bonds is 35. The van der Waals surface area contributed by atoms with Crippen LogP contribution in [0.15, 0.2) is 24.3 Å². The van der Waals surface area contributed by atoms with Gasteiger partial charge in [-0.15, -0.1) is 0 Å². The second-order valence-corrected chi connectivity index (χ2v) is 14.9. The van der Waals surface area contributed by atoms with E-state index in [9.17, 15) is 9.59 Å². The predicted molar refractivity (Wildman–Crippen MR) is 209 cm³/mol. The Labute approximate surface area is 312 Å². The molecule has 1 amide bonds. The van der Waals surface area contributed by atoms with Crippen LogP contribution >= 0.6 is 0 Å². The van der Waals surface area contributed by atoms with Gasteiger partial charge in [0.25, 0.3) is 0 Å². The molecule has 0 heterocycles. The Balaban J connectivity index is 0. The van der Waals surface area contributed by atoms with Crippen molar-refractivity contribution < 1.29 is 31.2 Å². The smallest absolute Gasteiger partial charge is 0.310 e. The third-order valence-electron chi connectivity index (χ3n) is 10.1. The molecule has 5 nitrogen and oxygen atoms in total. The SMILES string of the molecule is CCCCCCCC/C=C\CCCCCCCC(=O)NC(CC)[N+](C)(C)C(C)OC(=O)CCCCCCC/C=C\CCCCCCCC.[Cl-]. The van der Waals surface area contributed by atoms with Crippen LogP contribution in [0.3, 0.4) is 0 Å². The number of ether oxygens (including phenoxy) is 1. The van der Waals surface area contributed by atoms with E-state index in [0.29, 0.717) is 17.3 Å². The highest BCUT2D eigenvalue weighted by atomic mass is 35.5. The van der Waals surface area contributed by atoms with Gasteiger partial charge in [-0.1, -0.05) is 148 Å². The van der Waals surface area contributed by atoms with Crippen molar-refractivity contribution in [3.8, 4) is 0 Å². The van der Waals surface area contributed by atoms with Crippen molar-refractivity contribution in [2.45, 2.75) is 226 Å². The van der Waals surface area contributed by atoms with Crippen LogP contribution in [0.1, 0.15) is 214 Å². The van der Waals surface area contributed by atoms with Gasteiger partial charge in [-0.2, -0.15) is 0 Å². The fourth-order valence-electron chi connectivity index (χ4n) is 6.33. The van der Waals surface area contributed by atoms with E-state index in [1.54, 1.807) is 0 Å². The summed E-state index contributed by atoms with van der Waals surface area (Å²) in [4.78, 5) is 25.4. The first-order valence-electron chi connectivity index (χ1n) is 20.9. The molecule has 0 rings (SSSR count). The number of unbranched alkanes of at least 4 members (excludes halogenated alkanes) is 22. The van der Waals surface area contributed by atoms with Gasteiger partial charge in [-0.25, -0.2) is 0 Å². The molecule has 0 fully saturated rings. The number of nitrogens with zero attached hydrogens (tertiary/aromatic N) is 1. The third-order valence-corrected chi connectivity index (χ3v) is 10.1. The average Bonchev–Trinajstić information content (AvgIpc) is 3.06. The Hall–Kier alpha value is -1.33. The van der Waals surface area contributed by atoms with E-state index in [1.807, 2.05) is 6.92 Å². The molecule has 0 aromatic heterocycles. The minimum Gasteiger partial charge on any atom is -1.00 e. The quantitative estimate of drug-likeness (QED) is 0.0234. The third kappa shape index (κ3) is 31.2. The lowest BCUT2D eigenvalue weighted by Gasteiger charge is -2.41. The van der Waals surface area contributed by atoms with Crippen molar-refractivity contribution in [1.82, 2.24) is 5.32 Å². The van der Waals surface area contributed by atoms with Crippen LogP contribution < -0.4 is 17.7 Å². The Morgan fingerprint density at radius 1 is 0.551 bits per heavy atom. The van der Waals surface area contributed by atoms with Crippen molar-refractivity contribution in [2.75, 3.05) is 14.1 Å². The standard InChI is InChI=1S/C43H82N2O3.ClH/c1-7-10-12-14-16-18-20-22-24-26-28-30-32-34-36-38-42(46)44-41(9-3)45(5,6)40(4)48-43(47)39-37-35-33-31-29-27-25-23-21-19-17-15-13-11-8-2;/h22-25,40-41H,7-21,26-39H2,1-6H3;1H/b24-22-,25-23-;. The van der Waals surface area contributed by atoms with E-state index in [1.165, 1.54) is 141 Å². The van der Waals surface area contributed by atoms with Crippen molar-refractivity contribution in [3.05, 3.63) is 24.3 Å². The average molecular weight is 712 g/mol. The van der Waals surface area contributed by atoms with Crippen LogP contribution in [0.25, 0.3) is 0 Å². The van der Waals surface area contributed by atoms with Gasteiger partial charge in [0.2, 0.25) is 12.1 Å². The lowest BCUT2D eigenvalue weighted by molar-refractivity contribution is -0.957. The summed E-state index contributed by atoms with van der Waals surface area (Å²) >= 11 is 0. The molecule has 2 unspecified atom stereocenters. The Morgan fingerprint density at radius 3 is 1.29 bits per heavy atom. The summed E-state index contributed by atoms with van der Waals surface area (Å²) in [5.74, 6) is -0.0155. The molecule has 0 saturated heterocycles. The molecule has 0 radical (unpaired) electrons. The Morgan fingerprint density at radius 2 is 0.898 bits per heavy atom. The van der Waals surface area contributed by atoms with Crippen LogP contribution in [-0.4, -0.2) is 42.8 Å². The minimum absolute atomic E-state index is 0. The van der Waals surface area contributed by atoms with Gasteiger partial charge in [-0.3, -0.25) is 14.1 Å². The molecule has 0 bridgehead atoms. The second-order valence-electron chi connectivity index (χ2n) is 14.9. The molecule has 0 aromatic rings. The molecular formula is C43H83ClN2O3. The summed E-state index contributed by atoms with van der Waals surface area (Å²) in [6, 6.07) is 0. The van der Waals surface area contributed by atoms with Crippen molar-refractivity contribution in [2.24, 2.45) is 0 Å². The van der Waals surface area contributed by atoms with Crippen molar-refractivity contribution in [1.29, 1.82) is 0 Å². The molecule has 290 valence electrons. The van der Waals surface area contributed by atoms with E-state index in [0.717, 1.165) is 32.1 Å². The topological polar surface area (TPSA) is 55.4 Å². The highest BCUT2D eigenvalue weighted by Crippen LogP contribution is 2.18. The molecule has 49 heavy (non-hydrogen) atoms. The predicted octanol–water partition coefficient (Wildman–Crippen LogP) is 9.88. The number of quaternary nitrogens is 1. The van der Waals surface area contributed by atoms with Crippen LogP contribution in [0.4, 0.5) is 0 Å². The molecule has 0 spiro atoms. The van der Waals surface area contributed by atoms with Crippen LogP contribution in [0, 0.1) is 0 Å². The lowest BCUT2D eigenvalue weighted by Crippen LogP contribution is -3.00. The number of halogens is 1. The number of amides is 1. The van der Waals surface area contributed by atoms with Gasteiger partial charge in [0, 0.05) is 26.2 Å². The maximum atomic E-state index is 12.8. The number of carbonyl (C=O) groups excluding carboxylic acids is 2. The molecule has 0 saturated carbocycles. The zero-order valence-corrected chi connectivity index (χ0v) is 34.3. The van der Waals surface area contributed by atoms with Crippen molar-refractivity contribution >= 4 is 11.9 Å². The first kappa shape index (κ1) is 49.8. The Kier molecular flexibility index (Phi) is 37.0. The summed E-state index contributed by atoms with van der Waals surface area (Å²) in [5, 5.41) is 3.24. The fraction of sp³-hybridized carbons (Fsp3) is 0.860.